The number of amides is 2. The second-order valence-electron chi connectivity index (χ2n) is 8.88. The van der Waals surface area contributed by atoms with Crippen LogP contribution in [-0.2, 0) is 17.4 Å². The fourth-order valence-electron chi connectivity index (χ4n) is 4.26. The first-order chi connectivity index (χ1) is 18.8. The lowest BCUT2D eigenvalue weighted by Gasteiger charge is -2.12. The Balaban J connectivity index is 1.25. The Morgan fingerprint density at radius 3 is 2.18 bits per heavy atom. The minimum Gasteiger partial charge on any atom is -0.322 e. The van der Waals surface area contributed by atoms with Gasteiger partial charge in [0.05, 0.1) is 12.0 Å². The SMILES string of the molecule is O=C(Cc1ccc(NC(=O)c2ccccc2-c2ccc(C(F)(F)F)cc2)cc1)Nc1nccc2ccccc12. The number of halogens is 3. The molecule has 0 atom stereocenters. The van der Waals surface area contributed by atoms with Gasteiger partial charge < -0.3 is 10.6 Å². The fraction of sp³-hybridized carbons (Fsp3) is 0.0645. The Hall–Kier alpha value is -4.98. The summed E-state index contributed by atoms with van der Waals surface area (Å²) < 4.78 is 38.8. The molecule has 0 saturated heterocycles. The van der Waals surface area contributed by atoms with Gasteiger partial charge in [0.1, 0.15) is 5.82 Å². The average molecular weight is 526 g/mol. The lowest BCUT2D eigenvalue weighted by molar-refractivity contribution is -0.137. The lowest BCUT2D eigenvalue weighted by atomic mass is 9.98. The van der Waals surface area contributed by atoms with E-state index >= 15 is 0 Å². The maximum Gasteiger partial charge on any atom is 0.416 e. The van der Waals surface area contributed by atoms with Crippen molar-refractivity contribution in [3.63, 3.8) is 0 Å². The van der Waals surface area contributed by atoms with E-state index in [0.717, 1.165) is 28.5 Å². The van der Waals surface area contributed by atoms with Crippen LogP contribution in [0.2, 0.25) is 0 Å². The van der Waals surface area contributed by atoms with Gasteiger partial charge in [-0.15, -0.1) is 0 Å². The van der Waals surface area contributed by atoms with Crippen molar-refractivity contribution < 1.29 is 22.8 Å². The van der Waals surface area contributed by atoms with Crippen molar-refractivity contribution in [1.29, 1.82) is 0 Å². The highest BCUT2D eigenvalue weighted by Gasteiger charge is 2.30. The molecule has 39 heavy (non-hydrogen) atoms. The van der Waals surface area contributed by atoms with Gasteiger partial charge in [0.15, 0.2) is 0 Å². The summed E-state index contributed by atoms with van der Waals surface area (Å²) in [5.74, 6) is -0.132. The number of aromatic nitrogens is 1. The molecule has 1 heterocycles. The molecule has 2 amide bonds. The number of alkyl halides is 3. The molecule has 1 aromatic heterocycles. The third-order valence-corrected chi connectivity index (χ3v) is 6.20. The maximum absolute atomic E-state index is 13.0. The van der Waals surface area contributed by atoms with E-state index in [-0.39, 0.29) is 12.3 Å². The summed E-state index contributed by atoms with van der Waals surface area (Å²) >= 11 is 0. The van der Waals surface area contributed by atoms with Crippen LogP contribution in [0, 0.1) is 0 Å². The molecule has 8 heteroatoms. The van der Waals surface area contributed by atoms with E-state index < -0.39 is 17.6 Å². The van der Waals surface area contributed by atoms with Gasteiger partial charge in [-0.2, -0.15) is 13.2 Å². The molecule has 0 unspecified atom stereocenters. The summed E-state index contributed by atoms with van der Waals surface area (Å²) in [5, 5.41) is 7.49. The molecule has 0 aliphatic heterocycles. The van der Waals surface area contributed by atoms with E-state index in [2.05, 4.69) is 15.6 Å². The van der Waals surface area contributed by atoms with Crippen molar-refractivity contribution in [1.82, 2.24) is 4.98 Å². The Bertz CT molecular complexity index is 1640. The molecule has 0 aliphatic rings. The van der Waals surface area contributed by atoms with Crippen LogP contribution < -0.4 is 10.6 Å². The van der Waals surface area contributed by atoms with Crippen molar-refractivity contribution in [3.8, 4) is 11.1 Å². The lowest BCUT2D eigenvalue weighted by Crippen LogP contribution is -2.16. The summed E-state index contributed by atoms with van der Waals surface area (Å²) in [7, 11) is 0. The Morgan fingerprint density at radius 2 is 1.44 bits per heavy atom. The highest BCUT2D eigenvalue weighted by molar-refractivity contribution is 6.08. The number of fused-ring (bicyclic) bond motifs is 1. The van der Waals surface area contributed by atoms with Crippen molar-refractivity contribution in [2.45, 2.75) is 12.6 Å². The first-order valence-corrected chi connectivity index (χ1v) is 12.1. The number of carbonyl (C=O) groups excluding carboxylic acids is 2. The van der Waals surface area contributed by atoms with Crippen LogP contribution in [0.5, 0.6) is 0 Å². The topological polar surface area (TPSA) is 71.1 Å². The van der Waals surface area contributed by atoms with Crippen LogP contribution >= 0.6 is 0 Å². The van der Waals surface area contributed by atoms with E-state index in [1.165, 1.54) is 12.1 Å². The molecule has 5 aromatic rings. The molecule has 0 radical (unpaired) electrons. The van der Waals surface area contributed by atoms with Gasteiger partial charge >= 0.3 is 6.18 Å². The van der Waals surface area contributed by atoms with E-state index in [9.17, 15) is 22.8 Å². The van der Waals surface area contributed by atoms with E-state index in [4.69, 9.17) is 0 Å². The van der Waals surface area contributed by atoms with E-state index in [1.807, 2.05) is 30.3 Å². The molecule has 0 aliphatic carbocycles. The van der Waals surface area contributed by atoms with Crippen molar-refractivity contribution in [2.75, 3.05) is 10.6 Å². The van der Waals surface area contributed by atoms with Crippen LogP contribution in [0.1, 0.15) is 21.5 Å². The Kier molecular flexibility index (Phi) is 7.10. The normalized spacial score (nSPS) is 11.3. The summed E-state index contributed by atoms with van der Waals surface area (Å²) in [5.41, 5.74) is 1.84. The second-order valence-corrected chi connectivity index (χ2v) is 8.88. The minimum atomic E-state index is -4.44. The molecular weight excluding hydrogens is 503 g/mol. The number of rotatable bonds is 6. The van der Waals surface area contributed by atoms with Crippen LogP contribution in [0.15, 0.2) is 109 Å². The van der Waals surface area contributed by atoms with Gasteiger partial charge in [0.2, 0.25) is 5.91 Å². The molecule has 194 valence electrons. The fourth-order valence-corrected chi connectivity index (χ4v) is 4.26. The molecule has 5 nitrogen and oxygen atoms in total. The third kappa shape index (κ3) is 5.96. The molecule has 5 rings (SSSR count). The van der Waals surface area contributed by atoms with Crippen LogP contribution in [-0.4, -0.2) is 16.8 Å². The largest absolute Gasteiger partial charge is 0.416 e. The zero-order chi connectivity index (χ0) is 27.4. The number of carbonyl (C=O) groups is 2. The highest BCUT2D eigenvalue weighted by Crippen LogP contribution is 2.32. The summed E-state index contributed by atoms with van der Waals surface area (Å²) in [6.45, 7) is 0. The molecule has 0 bridgehead atoms. The smallest absolute Gasteiger partial charge is 0.322 e. The van der Waals surface area contributed by atoms with Gasteiger partial charge in [0, 0.05) is 22.8 Å². The monoisotopic (exact) mass is 525 g/mol. The number of anilines is 2. The number of nitrogens with one attached hydrogen (secondary N) is 2. The minimum absolute atomic E-state index is 0.121. The van der Waals surface area contributed by atoms with Crippen LogP contribution in [0.4, 0.5) is 24.7 Å². The molecule has 0 fully saturated rings. The van der Waals surface area contributed by atoms with Gasteiger partial charge in [-0.3, -0.25) is 9.59 Å². The third-order valence-electron chi connectivity index (χ3n) is 6.20. The van der Waals surface area contributed by atoms with Crippen molar-refractivity contribution in [3.05, 3.63) is 126 Å². The summed E-state index contributed by atoms with van der Waals surface area (Å²) in [6.07, 6.45) is -2.67. The summed E-state index contributed by atoms with van der Waals surface area (Å²) in [6, 6.07) is 27.8. The molecule has 2 N–H and O–H groups in total. The van der Waals surface area contributed by atoms with Gasteiger partial charge in [-0.05, 0) is 58.5 Å². The zero-order valence-electron chi connectivity index (χ0n) is 20.5. The van der Waals surface area contributed by atoms with E-state index in [1.54, 1.807) is 54.7 Å². The first-order valence-electron chi connectivity index (χ1n) is 12.1. The highest BCUT2D eigenvalue weighted by atomic mass is 19.4. The van der Waals surface area contributed by atoms with Crippen molar-refractivity contribution >= 4 is 34.1 Å². The maximum atomic E-state index is 13.0. The quantitative estimate of drug-likeness (QED) is 0.243. The van der Waals surface area contributed by atoms with Crippen LogP contribution in [0.25, 0.3) is 21.9 Å². The van der Waals surface area contributed by atoms with Gasteiger partial charge in [0.25, 0.3) is 5.91 Å². The number of pyridine rings is 1. The molecule has 0 spiro atoms. The standard InChI is InChI=1S/C31H22F3N3O2/c32-31(33,34)23-13-11-22(12-14-23)25-6-3-4-8-27(25)30(39)36-24-15-9-20(10-16-24)19-28(38)37-29-26-7-2-1-5-21(26)17-18-35-29/h1-18H,19H2,(H,36,39)(H,35,37,38). The first kappa shape index (κ1) is 25.7. The Morgan fingerprint density at radius 1 is 0.744 bits per heavy atom. The number of nitrogens with zero attached hydrogens (tertiary/aromatic N) is 1. The predicted octanol–water partition coefficient (Wildman–Crippen LogP) is 7.35. The van der Waals surface area contributed by atoms with Gasteiger partial charge in [-0.25, -0.2) is 4.98 Å². The number of benzene rings is 4. The van der Waals surface area contributed by atoms with Crippen LogP contribution in [0.3, 0.4) is 0 Å². The predicted molar refractivity (Wildman–Crippen MR) is 145 cm³/mol. The molecule has 0 saturated carbocycles. The molecule has 4 aromatic carbocycles. The average Bonchev–Trinajstić information content (AvgIpc) is 2.94. The van der Waals surface area contributed by atoms with E-state index in [0.29, 0.717) is 28.2 Å². The number of hydrogen-bond acceptors (Lipinski definition) is 3. The second kappa shape index (κ2) is 10.8. The summed E-state index contributed by atoms with van der Waals surface area (Å²) in [4.78, 5) is 30.0. The van der Waals surface area contributed by atoms with Gasteiger partial charge in [-0.1, -0.05) is 66.7 Å². The van der Waals surface area contributed by atoms with Crippen molar-refractivity contribution in [2.24, 2.45) is 0 Å². The Labute approximate surface area is 222 Å². The zero-order valence-corrected chi connectivity index (χ0v) is 20.5. The number of hydrogen-bond donors (Lipinski definition) is 2. The molecular formula is C31H22F3N3O2.